The van der Waals surface area contributed by atoms with Crippen molar-refractivity contribution in [2.75, 3.05) is 0 Å². The lowest BCUT2D eigenvalue weighted by Crippen LogP contribution is -2.20. The Labute approximate surface area is 107 Å². The van der Waals surface area contributed by atoms with Crippen LogP contribution in [0.2, 0.25) is 0 Å². The Hall–Kier alpha value is -1.12. The summed E-state index contributed by atoms with van der Waals surface area (Å²) < 4.78 is 0. The summed E-state index contributed by atoms with van der Waals surface area (Å²) in [6.45, 7) is 17.0. The lowest BCUT2D eigenvalue weighted by atomic mass is 9.94. The summed E-state index contributed by atoms with van der Waals surface area (Å²) >= 11 is 0. The van der Waals surface area contributed by atoms with E-state index < -0.39 is 5.91 Å². The molecular weight excluding hydrogens is 214 g/mol. The van der Waals surface area contributed by atoms with Gasteiger partial charge in [0.2, 0.25) is 5.91 Å². The molecular formula is C14H31NO2. The van der Waals surface area contributed by atoms with Gasteiger partial charge in [0, 0.05) is 12.3 Å². The largest absolute Gasteiger partial charge is 0.370 e. The third kappa shape index (κ3) is 31.3. The van der Waals surface area contributed by atoms with Crippen molar-refractivity contribution in [2.24, 2.45) is 17.6 Å². The molecule has 0 spiro atoms. The summed E-state index contributed by atoms with van der Waals surface area (Å²) in [4.78, 5) is 20.6. The molecule has 0 radical (unpaired) electrons. The van der Waals surface area contributed by atoms with Gasteiger partial charge in [0.25, 0.3) is 0 Å². The van der Waals surface area contributed by atoms with E-state index >= 15 is 0 Å². The maximum atomic E-state index is 10.3. The van der Waals surface area contributed by atoms with Gasteiger partial charge in [0.15, 0.2) is 0 Å². The van der Waals surface area contributed by atoms with Gasteiger partial charge in [-0.15, -0.1) is 6.58 Å². The van der Waals surface area contributed by atoms with Crippen LogP contribution in [0.25, 0.3) is 0 Å². The smallest absolute Gasteiger partial charge is 0.218 e. The van der Waals surface area contributed by atoms with Crippen molar-refractivity contribution < 1.29 is 9.59 Å². The highest BCUT2D eigenvalue weighted by molar-refractivity contribution is 5.77. The number of carbonyl (C=O) groups is 2. The molecule has 0 saturated carbocycles. The van der Waals surface area contributed by atoms with Crippen molar-refractivity contribution in [3.8, 4) is 0 Å². The first kappa shape index (κ1) is 24.9. The minimum atomic E-state index is -0.411. The van der Waals surface area contributed by atoms with Crippen molar-refractivity contribution in [1.29, 1.82) is 0 Å². The van der Waals surface area contributed by atoms with Gasteiger partial charge in [-0.1, -0.05) is 47.6 Å². The molecule has 17 heavy (non-hydrogen) atoms. The first-order valence-corrected chi connectivity index (χ1v) is 6.30. The standard InChI is InChI=1S/C7H13NO2.C3H6.2C2H6/c1-5(2)6(4-9)3-7(8)10;1-3-2;2*1-2/h4-6H,3H2,1-2H3,(H2,8,10);3H,1H2,2H3;2*1-2H3. The van der Waals surface area contributed by atoms with Crippen LogP contribution in [-0.4, -0.2) is 12.2 Å². The van der Waals surface area contributed by atoms with E-state index in [0.29, 0.717) is 0 Å². The molecule has 0 bridgehead atoms. The van der Waals surface area contributed by atoms with E-state index in [1.807, 2.05) is 48.5 Å². The first-order chi connectivity index (χ1) is 7.99. The second-order valence-electron chi connectivity index (χ2n) is 3.12. The highest BCUT2D eigenvalue weighted by Gasteiger charge is 2.13. The molecule has 2 N–H and O–H groups in total. The summed E-state index contributed by atoms with van der Waals surface area (Å²) in [5.74, 6) is -0.423. The predicted octanol–water partition coefficient (Wildman–Crippen LogP) is 3.58. The Morgan fingerprint density at radius 2 is 1.53 bits per heavy atom. The van der Waals surface area contributed by atoms with E-state index in [0.717, 1.165) is 6.29 Å². The molecule has 0 aromatic carbocycles. The molecule has 1 unspecified atom stereocenters. The molecule has 0 aliphatic rings. The van der Waals surface area contributed by atoms with Crippen molar-refractivity contribution >= 4 is 12.2 Å². The van der Waals surface area contributed by atoms with Crippen LogP contribution in [0.3, 0.4) is 0 Å². The van der Waals surface area contributed by atoms with Gasteiger partial charge in [-0.25, -0.2) is 0 Å². The second-order valence-corrected chi connectivity index (χ2v) is 3.12. The number of nitrogens with two attached hydrogens (primary N) is 1. The van der Waals surface area contributed by atoms with Crippen LogP contribution >= 0.6 is 0 Å². The number of hydrogen-bond acceptors (Lipinski definition) is 2. The van der Waals surface area contributed by atoms with Crippen molar-refractivity contribution in [1.82, 2.24) is 0 Å². The molecule has 3 heteroatoms. The number of rotatable bonds is 4. The Kier molecular flexibility index (Phi) is 35.5. The Morgan fingerprint density at radius 3 is 1.59 bits per heavy atom. The van der Waals surface area contributed by atoms with E-state index in [-0.39, 0.29) is 18.3 Å². The van der Waals surface area contributed by atoms with E-state index in [2.05, 4.69) is 6.58 Å². The topological polar surface area (TPSA) is 60.2 Å². The number of carbonyl (C=O) groups excluding carboxylic acids is 2. The zero-order valence-electron chi connectivity index (χ0n) is 12.6. The van der Waals surface area contributed by atoms with Gasteiger partial charge < -0.3 is 10.5 Å². The fourth-order valence-corrected chi connectivity index (χ4v) is 0.673. The van der Waals surface area contributed by atoms with E-state index in [1.165, 1.54) is 0 Å². The Morgan fingerprint density at radius 1 is 1.24 bits per heavy atom. The predicted molar refractivity (Wildman–Crippen MR) is 76.8 cm³/mol. The van der Waals surface area contributed by atoms with Crippen LogP contribution in [0, 0.1) is 11.8 Å². The summed E-state index contributed by atoms with van der Waals surface area (Å²) in [6.07, 6.45) is 2.70. The highest BCUT2D eigenvalue weighted by Crippen LogP contribution is 2.10. The normalized spacial score (nSPS) is 9.18. The molecule has 1 amide bonds. The number of primary amides is 1. The van der Waals surface area contributed by atoms with E-state index in [4.69, 9.17) is 5.73 Å². The zero-order valence-corrected chi connectivity index (χ0v) is 12.6. The lowest BCUT2D eigenvalue weighted by Gasteiger charge is -2.10. The molecule has 0 aromatic rings. The molecule has 0 heterocycles. The number of hydrogen-bond donors (Lipinski definition) is 1. The van der Waals surface area contributed by atoms with Crippen LogP contribution in [0.4, 0.5) is 0 Å². The van der Waals surface area contributed by atoms with Gasteiger partial charge in [-0.2, -0.15) is 0 Å². The van der Waals surface area contributed by atoms with Crippen molar-refractivity contribution in [3.63, 3.8) is 0 Å². The SMILES string of the molecule is C=CC.CC.CC.CC(C)C(C=O)CC(N)=O. The monoisotopic (exact) mass is 245 g/mol. The quantitative estimate of drug-likeness (QED) is 0.608. The average molecular weight is 245 g/mol. The average Bonchev–Trinajstić information content (AvgIpc) is 2.31. The minimum absolute atomic E-state index is 0.168. The van der Waals surface area contributed by atoms with Crippen LogP contribution in [0.1, 0.15) is 54.9 Å². The van der Waals surface area contributed by atoms with Gasteiger partial charge in [0.1, 0.15) is 6.29 Å². The van der Waals surface area contributed by atoms with Crippen LogP contribution in [0.15, 0.2) is 12.7 Å². The van der Waals surface area contributed by atoms with Crippen LogP contribution in [0.5, 0.6) is 0 Å². The van der Waals surface area contributed by atoms with Crippen molar-refractivity contribution in [2.45, 2.75) is 54.9 Å². The van der Waals surface area contributed by atoms with E-state index in [9.17, 15) is 9.59 Å². The van der Waals surface area contributed by atoms with Gasteiger partial charge in [0.05, 0.1) is 0 Å². The molecule has 0 aromatic heterocycles. The lowest BCUT2D eigenvalue weighted by molar-refractivity contribution is -0.122. The summed E-state index contributed by atoms with van der Waals surface area (Å²) in [5.41, 5.74) is 4.91. The van der Waals surface area contributed by atoms with Gasteiger partial charge in [-0.3, -0.25) is 4.79 Å². The minimum Gasteiger partial charge on any atom is -0.370 e. The van der Waals surface area contributed by atoms with Crippen molar-refractivity contribution in [3.05, 3.63) is 12.7 Å². The first-order valence-electron chi connectivity index (χ1n) is 6.30. The van der Waals surface area contributed by atoms with Gasteiger partial charge in [-0.05, 0) is 12.8 Å². The van der Waals surface area contributed by atoms with Gasteiger partial charge >= 0.3 is 0 Å². The zero-order chi connectivity index (χ0) is 14.9. The fraction of sp³-hybridized carbons (Fsp3) is 0.714. The Balaban J connectivity index is -0.000000102. The molecule has 104 valence electrons. The summed E-state index contributed by atoms with van der Waals surface area (Å²) in [6, 6.07) is 0. The molecule has 0 aliphatic heterocycles. The number of allylic oxidation sites excluding steroid dienone is 1. The summed E-state index contributed by atoms with van der Waals surface area (Å²) in [7, 11) is 0. The number of aldehydes is 1. The molecule has 1 atom stereocenters. The molecule has 0 saturated heterocycles. The molecule has 0 fully saturated rings. The molecule has 0 rings (SSSR count). The molecule has 3 nitrogen and oxygen atoms in total. The third-order valence-corrected chi connectivity index (χ3v) is 1.47. The number of amides is 1. The van der Waals surface area contributed by atoms with Crippen LogP contribution in [-0.2, 0) is 9.59 Å². The molecule has 0 aliphatic carbocycles. The third-order valence-electron chi connectivity index (χ3n) is 1.47. The summed E-state index contributed by atoms with van der Waals surface area (Å²) in [5, 5.41) is 0. The highest BCUT2D eigenvalue weighted by atomic mass is 16.1. The maximum Gasteiger partial charge on any atom is 0.218 e. The Bertz CT molecular complexity index is 166. The maximum absolute atomic E-state index is 10.3. The van der Waals surface area contributed by atoms with Crippen LogP contribution < -0.4 is 5.73 Å². The fourth-order valence-electron chi connectivity index (χ4n) is 0.673. The second kappa shape index (κ2) is 24.2. The van der Waals surface area contributed by atoms with E-state index in [1.54, 1.807) is 6.08 Å².